The molecule has 104 valence electrons. The molecule has 0 aliphatic carbocycles. The first kappa shape index (κ1) is 13.6. The summed E-state index contributed by atoms with van der Waals surface area (Å²) in [7, 11) is 0. The molecule has 3 rings (SSSR count). The predicted molar refractivity (Wildman–Crippen MR) is 83.2 cm³/mol. The van der Waals surface area contributed by atoms with Gasteiger partial charge in [-0.15, -0.1) is 11.3 Å². The minimum atomic E-state index is -0.458. The maximum Gasteiger partial charge on any atom is 0.416 e. The molecule has 2 aromatic rings. The minimum absolute atomic E-state index is 0.327. The third-order valence-corrected chi connectivity index (χ3v) is 4.38. The first-order chi connectivity index (χ1) is 9.44. The number of carbonyl (C=O) groups is 1. The van der Waals surface area contributed by atoms with E-state index in [1.54, 1.807) is 4.90 Å². The van der Waals surface area contributed by atoms with Crippen LogP contribution in [0.15, 0.2) is 34.1 Å². The van der Waals surface area contributed by atoms with Gasteiger partial charge in [-0.05, 0) is 26.0 Å². The van der Waals surface area contributed by atoms with E-state index in [1.807, 2.05) is 43.5 Å². The summed E-state index contributed by atoms with van der Waals surface area (Å²) in [6.07, 6.45) is -0.327. The van der Waals surface area contributed by atoms with Gasteiger partial charge < -0.3 is 4.74 Å². The van der Waals surface area contributed by atoms with Crippen molar-refractivity contribution in [3.05, 3.63) is 34.1 Å². The van der Waals surface area contributed by atoms with Gasteiger partial charge in [0.2, 0.25) is 0 Å². The Balaban J connectivity index is 1.87. The summed E-state index contributed by atoms with van der Waals surface area (Å²) >= 11 is 4.86. The molecule has 0 atom stereocenters. The van der Waals surface area contributed by atoms with E-state index in [4.69, 9.17) is 4.74 Å². The van der Waals surface area contributed by atoms with E-state index in [0.717, 1.165) is 15.7 Å². The van der Waals surface area contributed by atoms with Crippen LogP contribution in [0.1, 0.15) is 13.8 Å². The third kappa shape index (κ3) is 2.58. The molecule has 0 saturated carbocycles. The van der Waals surface area contributed by atoms with Crippen molar-refractivity contribution in [2.45, 2.75) is 19.4 Å². The molecule has 1 aliphatic rings. The number of cyclic esters (lactones) is 1. The van der Waals surface area contributed by atoms with Gasteiger partial charge >= 0.3 is 6.09 Å². The van der Waals surface area contributed by atoms with E-state index in [1.165, 1.54) is 11.3 Å². The lowest BCUT2D eigenvalue weighted by Crippen LogP contribution is -2.28. The predicted octanol–water partition coefficient (Wildman–Crippen LogP) is 4.31. The second-order valence-electron chi connectivity index (χ2n) is 5.24. The van der Waals surface area contributed by atoms with Crippen LogP contribution < -0.4 is 4.90 Å². The Morgan fingerprint density at radius 3 is 2.65 bits per heavy atom. The zero-order valence-corrected chi connectivity index (χ0v) is 13.5. The topological polar surface area (TPSA) is 42.4 Å². The first-order valence-electron chi connectivity index (χ1n) is 6.17. The van der Waals surface area contributed by atoms with Crippen molar-refractivity contribution >= 4 is 38.5 Å². The molecule has 1 aromatic carbocycles. The Labute approximate surface area is 129 Å². The number of ether oxygens (including phenoxy) is 1. The summed E-state index contributed by atoms with van der Waals surface area (Å²) in [4.78, 5) is 18.0. The molecule has 1 aliphatic heterocycles. The Hall–Kier alpha value is -1.40. The molecule has 0 unspecified atom stereocenters. The Kier molecular flexibility index (Phi) is 3.30. The smallest absolute Gasteiger partial charge is 0.416 e. The zero-order chi connectivity index (χ0) is 14.3. The van der Waals surface area contributed by atoms with E-state index in [-0.39, 0.29) is 6.09 Å². The standard InChI is InChI=1S/C14H13BrN2O2S/c1-14(2)8-17(13(18)19-14)12-16-11(7-20-12)9-3-5-10(15)6-4-9/h3-7H,8H2,1-2H3. The number of hydrogen-bond acceptors (Lipinski definition) is 4. The average molecular weight is 353 g/mol. The van der Waals surface area contributed by atoms with Gasteiger partial charge in [0.15, 0.2) is 5.13 Å². The number of thiazole rings is 1. The lowest BCUT2D eigenvalue weighted by atomic mass is 10.1. The van der Waals surface area contributed by atoms with E-state index in [2.05, 4.69) is 20.9 Å². The average Bonchev–Trinajstić information content (AvgIpc) is 2.94. The third-order valence-electron chi connectivity index (χ3n) is 2.99. The fourth-order valence-corrected chi connectivity index (χ4v) is 3.14. The normalized spacial score (nSPS) is 17.4. The van der Waals surface area contributed by atoms with Gasteiger partial charge in [0, 0.05) is 15.4 Å². The Bertz CT molecular complexity index is 651. The first-order valence-corrected chi connectivity index (χ1v) is 7.84. The number of aromatic nitrogens is 1. The fourth-order valence-electron chi connectivity index (χ4n) is 2.06. The summed E-state index contributed by atoms with van der Waals surface area (Å²) in [5.74, 6) is 0. The Morgan fingerprint density at radius 2 is 2.05 bits per heavy atom. The van der Waals surface area contributed by atoms with Gasteiger partial charge in [-0.1, -0.05) is 28.1 Å². The van der Waals surface area contributed by atoms with Crippen molar-refractivity contribution in [1.29, 1.82) is 0 Å². The number of nitrogens with zero attached hydrogens (tertiary/aromatic N) is 2. The van der Waals surface area contributed by atoms with E-state index in [0.29, 0.717) is 11.7 Å². The van der Waals surface area contributed by atoms with Crippen LogP contribution in [0.25, 0.3) is 11.3 Å². The molecular formula is C14H13BrN2O2S. The molecule has 2 heterocycles. The molecule has 1 aromatic heterocycles. The van der Waals surface area contributed by atoms with Gasteiger partial charge in [0.1, 0.15) is 5.60 Å². The second-order valence-corrected chi connectivity index (χ2v) is 6.99. The summed E-state index contributed by atoms with van der Waals surface area (Å²) in [5.41, 5.74) is 1.44. The Morgan fingerprint density at radius 1 is 1.35 bits per heavy atom. The van der Waals surface area contributed by atoms with Crippen LogP contribution in [0.3, 0.4) is 0 Å². The van der Waals surface area contributed by atoms with Crippen LogP contribution in [0.2, 0.25) is 0 Å². The lowest BCUT2D eigenvalue weighted by Gasteiger charge is -2.13. The van der Waals surface area contributed by atoms with E-state index in [9.17, 15) is 4.79 Å². The lowest BCUT2D eigenvalue weighted by molar-refractivity contribution is 0.0871. The fraction of sp³-hybridized carbons (Fsp3) is 0.286. The second kappa shape index (κ2) is 4.86. The van der Waals surface area contributed by atoms with Crippen molar-refractivity contribution < 1.29 is 9.53 Å². The number of anilines is 1. The molecule has 0 spiro atoms. The number of amides is 1. The number of rotatable bonds is 2. The summed E-state index contributed by atoms with van der Waals surface area (Å²) in [5, 5.41) is 2.63. The highest BCUT2D eigenvalue weighted by molar-refractivity contribution is 9.10. The van der Waals surface area contributed by atoms with E-state index >= 15 is 0 Å². The monoisotopic (exact) mass is 352 g/mol. The summed E-state index contributed by atoms with van der Waals surface area (Å²) in [6.45, 7) is 4.32. The van der Waals surface area contributed by atoms with Crippen molar-refractivity contribution in [1.82, 2.24) is 4.98 Å². The number of halogens is 1. The molecule has 20 heavy (non-hydrogen) atoms. The molecule has 0 bridgehead atoms. The van der Waals surface area contributed by atoms with Crippen LogP contribution in [-0.4, -0.2) is 23.2 Å². The molecule has 6 heteroatoms. The van der Waals surface area contributed by atoms with Crippen molar-refractivity contribution in [2.24, 2.45) is 0 Å². The van der Waals surface area contributed by atoms with Gasteiger partial charge in [-0.2, -0.15) is 0 Å². The van der Waals surface area contributed by atoms with Crippen LogP contribution >= 0.6 is 27.3 Å². The molecule has 4 nitrogen and oxygen atoms in total. The number of hydrogen-bond donors (Lipinski definition) is 0. The minimum Gasteiger partial charge on any atom is -0.441 e. The summed E-state index contributed by atoms with van der Waals surface area (Å²) < 4.78 is 6.32. The molecule has 0 N–H and O–H groups in total. The highest BCUT2D eigenvalue weighted by Crippen LogP contribution is 2.32. The van der Waals surface area contributed by atoms with Gasteiger partial charge in [-0.25, -0.2) is 14.7 Å². The quantitative estimate of drug-likeness (QED) is 0.808. The highest BCUT2D eigenvalue weighted by Gasteiger charge is 2.39. The van der Waals surface area contributed by atoms with Crippen molar-refractivity contribution in [3.63, 3.8) is 0 Å². The van der Waals surface area contributed by atoms with Crippen LogP contribution in [0, 0.1) is 0 Å². The van der Waals surface area contributed by atoms with Gasteiger partial charge in [0.25, 0.3) is 0 Å². The van der Waals surface area contributed by atoms with Crippen molar-refractivity contribution in [3.8, 4) is 11.3 Å². The molecular weight excluding hydrogens is 340 g/mol. The molecule has 1 amide bonds. The van der Waals surface area contributed by atoms with Crippen LogP contribution in [0.4, 0.5) is 9.93 Å². The number of carbonyl (C=O) groups excluding carboxylic acids is 1. The summed E-state index contributed by atoms with van der Waals surface area (Å²) in [6, 6.07) is 7.94. The zero-order valence-electron chi connectivity index (χ0n) is 11.1. The van der Waals surface area contributed by atoms with E-state index < -0.39 is 5.60 Å². The maximum atomic E-state index is 11.8. The van der Waals surface area contributed by atoms with Crippen molar-refractivity contribution in [2.75, 3.05) is 11.4 Å². The van der Waals surface area contributed by atoms with Crippen LogP contribution in [0.5, 0.6) is 0 Å². The SMILES string of the molecule is CC1(C)CN(c2nc(-c3ccc(Br)cc3)cs2)C(=O)O1. The molecule has 0 radical (unpaired) electrons. The van der Waals surface area contributed by atoms with Gasteiger partial charge in [-0.3, -0.25) is 0 Å². The molecule has 1 saturated heterocycles. The van der Waals surface area contributed by atoms with Gasteiger partial charge in [0.05, 0.1) is 12.2 Å². The number of benzene rings is 1. The highest BCUT2D eigenvalue weighted by atomic mass is 79.9. The largest absolute Gasteiger partial charge is 0.441 e. The maximum absolute atomic E-state index is 11.8. The molecule has 1 fully saturated rings. The van der Waals surface area contributed by atoms with Crippen LogP contribution in [-0.2, 0) is 4.74 Å².